The van der Waals surface area contributed by atoms with Crippen LogP contribution in [0.5, 0.6) is 0 Å². The lowest BCUT2D eigenvalue weighted by Gasteiger charge is -2.47. The Hall–Kier alpha value is 0.270. The van der Waals surface area contributed by atoms with E-state index in [2.05, 4.69) is 56.7 Å². The standard InChI is InChI=1S/C16H32N2S/c1-15(2)8-6-7-13(14(15)17-5)11-18-9-10-19-16(3,4)12-18/h13-14,17H,6-12H2,1-5H3. The van der Waals surface area contributed by atoms with Gasteiger partial charge in [0.05, 0.1) is 0 Å². The molecule has 0 aromatic heterocycles. The monoisotopic (exact) mass is 284 g/mol. The summed E-state index contributed by atoms with van der Waals surface area (Å²) < 4.78 is 0.442. The molecule has 1 heterocycles. The van der Waals surface area contributed by atoms with Crippen molar-refractivity contribution in [2.75, 3.05) is 32.4 Å². The predicted octanol–water partition coefficient (Wildman–Crippen LogP) is 3.23. The average molecular weight is 285 g/mol. The van der Waals surface area contributed by atoms with Gasteiger partial charge in [-0.15, -0.1) is 0 Å². The molecule has 0 aromatic carbocycles. The predicted molar refractivity (Wildman–Crippen MR) is 86.9 cm³/mol. The number of rotatable bonds is 3. The molecule has 1 aliphatic heterocycles. The van der Waals surface area contributed by atoms with Crippen molar-refractivity contribution in [1.82, 2.24) is 10.2 Å². The zero-order chi connectivity index (χ0) is 14.1. The van der Waals surface area contributed by atoms with E-state index >= 15 is 0 Å². The number of hydrogen-bond donors (Lipinski definition) is 1. The van der Waals surface area contributed by atoms with Gasteiger partial charge in [-0.05, 0) is 45.1 Å². The fourth-order valence-electron chi connectivity index (χ4n) is 4.20. The molecule has 0 radical (unpaired) electrons. The van der Waals surface area contributed by atoms with Gasteiger partial charge in [0, 0.05) is 36.2 Å². The zero-order valence-electron chi connectivity index (χ0n) is 13.5. The summed E-state index contributed by atoms with van der Waals surface area (Å²) in [7, 11) is 2.15. The van der Waals surface area contributed by atoms with Crippen LogP contribution in [0.15, 0.2) is 0 Å². The number of hydrogen-bond acceptors (Lipinski definition) is 3. The molecule has 1 aliphatic carbocycles. The first-order chi connectivity index (χ1) is 8.84. The maximum Gasteiger partial charge on any atom is 0.0231 e. The lowest BCUT2D eigenvalue weighted by Crippen LogP contribution is -2.53. The lowest BCUT2D eigenvalue weighted by molar-refractivity contribution is 0.0820. The van der Waals surface area contributed by atoms with Gasteiger partial charge in [0.2, 0.25) is 0 Å². The van der Waals surface area contributed by atoms with Gasteiger partial charge in [0.15, 0.2) is 0 Å². The highest BCUT2D eigenvalue weighted by Crippen LogP contribution is 2.40. The molecule has 3 heteroatoms. The molecule has 19 heavy (non-hydrogen) atoms. The minimum absolute atomic E-state index is 0.442. The fourth-order valence-corrected chi connectivity index (χ4v) is 5.38. The van der Waals surface area contributed by atoms with E-state index in [1.807, 2.05) is 0 Å². The van der Waals surface area contributed by atoms with Crippen LogP contribution in [-0.4, -0.2) is 48.1 Å². The Morgan fingerprint density at radius 1 is 1.26 bits per heavy atom. The third-order valence-electron chi connectivity index (χ3n) is 5.02. The SMILES string of the molecule is CNC1C(CN2CCSC(C)(C)C2)CCCC1(C)C. The Kier molecular flexibility index (Phi) is 4.90. The van der Waals surface area contributed by atoms with Crippen LogP contribution in [0.3, 0.4) is 0 Å². The molecule has 2 nitrogen and oxygen atoms in total. The molecule has 2 rings (SSSR count). The van der Waals surface area contributed by atoms with Gasteiger partial charge < -0.3 is 10.2 Å². The molecule has 0 amide bonds. The third-order valence-corrected chi connectivity index (χ3v) is 6.32. The maximum atomic E-state index is 3.62. The molecule has 2 unspecified atom stereocenters. The summed E-state index contributed by atoms with van der Waals surface area (Å²) in [6, 6.07) is 0.680. The van der Waals surface area contributed by atoms with E-state index in [4.69, 9.17) is 0 Å². The largest absolute Gasteiger partial charge is 0.316 e. The average Bonchev–Trinajstić information content (AvgIpc) is 2.26. The van der Waals surface area contributed by atoms with Gasteiger partial charge in [-0.2, -0.15) is 11.8 Å². The van der Waals surface area contributed by atoms with Gasteiger partial charge in [-0.25, -0.2) is 0 Å². The maximum absolute atomic E-state index is 3.62. The highest BCUT2D eigenvalue weighted by Gasteiger charge is 2.39. The van der Waals surface area contributed by atoms with Crippen LogP contribution in [0.2, 0.25) is 0 Å². The summed E-state index contributed by atoms with van der Waals surface area (Å²) in [4.78, 5) is 2.72. The Bertz CT molecular complexity index is 301. The third kappa shape index (κ3) is 3.89. The molecule has 0 spiro atoms. The second-order valence-corrected chi connectivity index (χ2v) is 9.55. The normalized spacial score (nSPS) is 35.2. The summed E-state index contributed by atoms with van der Waals surface area (Å²) in [6.45, 7) is 13.5. The van der Waals surface area contributed by atoms with Crippen molar-refractivity contribution in [3.05, 3.63) is 0 Å². The molecular formula is C16H32N2S. The number of nitrogens with one attached hydrogen (secondary N) is 1. The zero-order valence-corrected chi connectivity index (χ0v) is 14.3. The summed E-state index contributed by atoms with van der Waals surface area (Å²) in [5, 5.41) is 3.62. The Labute approximate surface area is 124 Å². The quantitative estimate of drug-likeness (QED) is 0.856. The van der Waals surface area contributed by atoms with Crippen molar-refractivity contribution >= 4 is 11.8 Å². The molecule has 2 fully saturated rings. The van der Waals surface area contributed by atoms with Gasteiger partial charge in [-0.1, -0.05) is 20.3 Å². The number of nitrogens with zero attached hydrogens (tertiary/aromatic N) is 1. The van der Waals surface area contributed by atoms with Gasteiger partial charge in [0.25, 0.3) is 0 Å². The van der Waals surface area contributed by atoms with Gasteiger partial charge in [-0.3, -0.25) is 0 Å². The molecular weight excluding hydrogens is 252 g/mol. The second-order valence-electron chi connectivity index (χ2n) is 7.75. The van der Waals surface area contributed by atoms with Gasteiger partial charge in [0.1, 0.15) is 0 Å². The van der Waals surface area contributed by atoms with Crippen molar-refractivity contribution in [2.45, 2.75) is 57.7 Å². The van der Waals surface area contributed by atoms with Crippen LogP contribution < -0.4 is 5.32 Å². The molecule has 2 atom stereocenters. The molecule has 112 valence electrons. The Balaban J connectivity index is 1.97. The van der Waals surface area contributed by atoms with Crippen LogP contribution in [0.1, 0.15) is 47.0 Å². The fraction of sp³-hybridized carbons (Fsp3) is 1.00. The first-order valence-electron chi connectivity index (χ1n) is 7.88. The topological polar surface area (TPSA) is 15.3 Å². The first kappa shape index (κ1) is 15.7. The van der Waals surface area contributed by atoms with E-state index in [0.717, 1.165) is 5.92 Å². The van der Waals surface area contributed by atoms with E-state index in [1.165, 1.54) is 44.6 Å². The summed E-state index contributed by atoms with van der Waals surface area (Å²) >= 11 is 2.14. The van der Waals surface area contributed by atoms with E-state index < -0.39 is 0 Å². The van der Waals surface area contributed by atoms with Crippen LogP contribution >= 0.6 is 11.8 Å². The molecule has 0 aromatic rings. The minimum atomic E-state index is 0.442. The molecule has 1 N–H and O–H groups in total. The first-order valence-corrected chi connectivity index (χ1v) is 8.86. The second kappa shape index (κ2) is 5.95. The summed E-state index contributed by atoms with van der Waals surface area (Å²) in [6.07, 6.45) is 4.18. The van der Waals surface area contributed by atoms with Crippen molar-refractivity contribution in [2.24, 2.45) is 11.3 Å². The van der Waals surface area contributed by atoms with Crippen molar-refractivity contribution in [1.29, 1.82) is 0 Å². The van der Waals surface area contributed by atoms with Crippen molar-refractivity contribution in [3.8, 4) is 0 Å². The summed E-state index contributed by atoms with van der Waals surface area (Å²) in [5.74, 6) is 2.13. The number of thioether (sulfide) groups is 1. The van der Waals surface area contributed by atoms with E-state index in [-0.39, 0.29) is 0 Å². The highest BCUT2D eigenvalue weighted by molar-refractivity contribution is 8.00. The van der Waals surface area contributed by atoms with Crippen molar-refractivity contribution < 1.29 is 0 Å². The van der Waals surface area contributed by atoms with Crippen LogP contribution in [0.25, 0.3) is 0 Å². The Morgan fingerprint density at radius 3 is 2.63 bits per heavy atom. The molecule has 0 bridgehead atoms. The van der Waals surface area contributed by atoms with Crippen LogP contribution in [0.4, 0.5) is 0 Å². The highest BCUT2D eigenvalue weighted by atomic mass is 32.2. The van der Waals surface area contributed by atoms with Gasteiger partial charge >= 0.3 is 0 Å². The van der Waals surface area contributed by atoms with Crippen LogP contribution in [-0.2, 0) is 0 Å². The summed E-state index contributed by atoms with van der Waals surface area (Å²) in [5.41, 5.74) is 0.456. The van der Waals surface area contributed by atoms with E-state index in [1.54, 1.807) is 0 Å². The smallest absolute Gasteiger partial charge is 0.0231 e. The van der Waals surface area contributed by atoms with Crippen LogP contribution in [0, 0.1) is 11.3 Å². The van der Waals surface area contributed by atoms with E-state index in [9.17, 15) is 0 Å². The van der Waals surface area contributed by atoms with Crippen molar-refractivity contribution in [3.63, 3.8) is 0 Å². The Morgan fingerprint density at radius 2 is 2.00 bits per heavy atom. The molecule has 1 saturated carbocycles. The molecule has 1 saturated heterocycles. The minimum Gasteiger partial charge on any atom is -0.316 e. The van der Waals surface area contributed by atoms with E-state index in [0.29, 0.717) is 16.2 Å². The molecule has 2 aliphatic rings. The lowest BCUT2D eigenvalue weighted by atomic mass is 9.68.